The monoisotopic (exact) mass is 304 g/mol. The number of alkyl halides is 3. The van der Waals surface area contributed by atoms with Gasteiger partial charge in [-0.1, -0.05) is 20.8 Å². The third kappa shape index (κ3) is 2.98. The molecule has 0 bridgehead atoms. The summed E-state index contributed by atoms with van der Waals surface area (Å²) in [6.07, 6.45) is -2.24. The van der Waals surface area contributed by atoms with Crippen LogP contribution in [0.15, 0.2) is 18.5 Å². The molecular formula is C13H12F4N2S. The number of hydrogen-bond donors (Lipinski definition) is 0. The second-order valence-electron chi connectivity index (χ2n) is 5.34. The predicted octanol–water partition coefficient (Wildman–Crippen LogP) is 4.66. The van der Waals surface area contributed by atoms with Crippen LogP contribution in [-0.2, 0) is 11.6 Å². The van der Waals surface area contributed by atoms with Gasteiger partial charge in [0.1, 0.15) is 10.8 Å². The summed E-state index contributed by atoms with van der Waals surface area (Å²) in [6, 6.07) is 1.12. The van der Waals surface area contributed by atoms with E-state index in [1.807, 2.05) is 0 Å². The summed E-state index contributed by atoms with van der Waals surface area (Å²) < 4.78 is 52.2. The first-order valence-corrected chi connectivity index (χ1v) is 6.60. The molecule has 0 fully saturated rings. The number of rotatable bonds is 1. The van der Waals surface area contributed by atoms with Gasteiger partial charge in [0.05, 0.1) is 6.20 Å². The smallest absolute Gasteiger partial charge is 0.261 e. The molecular weight excluding hydrogens is 292 g/mol. The first-order valence-electron chi connectivity index (χ1n) is 5.78. The molecule has 0 N–H and O–H groups in total. The highest BCUT2D eigenvalue weighted by atomic mass is 32.1. The quantitative estimate of drug-likeness (QED) is 0.716. The van der Waals surface area contributed by atoms with E-state index in [0.29, 0.717) is 0 Å². The SMILES string of the molecule is CC(C)(C)c1sc(-c2cncc(F)c2)nc1C(F)(F)F. The lowest BCUT2D eigenvalue weighted by Crippen LogP contribution is -2.17. The molecule has 108 valence electrons. The minimum absolute atomic E-state index is 0.120. The topological polar surface area (TPSA) is 25.8 Å². The van der Waals surface area contributed by atoms with Crippen LogP contribution in [0.25, 0.3) is 10.6 Å². The van der Waals surface area contributed by atoms with Gasteiger partial charge in [0.2, 0.25) is 0 Å². The van der Waals surface area contributed by atoms with Gasteiger partial charge in [0.15, 0.2) is 5.69 Å². The molecule has 0 amide bonds. The Hall–Kier alpha value is -1.50. The minimum atomic E-state index is -4.53. The van der Waals surface area contributed by atoms with E-state index in [2.05, 4.69) is 9.97 Å². The van der Waals surface area contributed by atoms with Crippen molar-refractivity contribution in [1.29, 1.82) is 0 Å². The van der Waals surface area contributed by atoms with Gasteiger partial charge in [-0.05, 0) is 11.5 Å². The second-order valence-corrected chi connectivity index (χ2v) is 6.34. The summed E-state index contributed by atoms with van der Waals surface area (Å²) in [5.74, 6) is -0.608. The van der Waals surface area contributed by atoms with Crippen molar-refractivity contribution in [3.63, 3.8) is 0 Å². The fourth-order valence-electron chi connectivity index (χ4n) is 1.67. The zero-order valence-electron chi connectivity index (χ0n) is 11.0. The minimum Gasteiger partial charge on any atom is -0.261 e. The molecule has 0 unspecified atom stereocenters. The number of pyridine rings is 1. The molecule has 0 aliphatic carbocycles. The van der Waals surface area contributed by atoms with Crippen LogP contribution in [0.2, 0.25) is 0 Å². The lowest BCUT2D eigenvalue weighted by molar-refractivity contribution is -0.141. The van der Waals surface area contributed by atoms with E-state index in [-0.39, 0.29) is 15.4 Å². The third-order valence-electron chi connectivity index (χ3n) is 2.53. The molecule has 0 aromatic carbocycles. The summed E-state index contributed by atoms with van der Waals surface area (Å²) >= 11 is 0.917. The summed E-state index contributed by atoms with van der Waals surface area (Å²) in [7, 11) is 0. The van der Waals surface area contributed by atoms with Crippen molar-refractivity contribution < 1.29 is 17.6 Å². The molecule has 0 atom stereocenters. The van der Waals surface area contributed by atoms with Crippen LogP contribution in [0.1, 0.15) is 31.3 Å². The first-order chi connectivity index (χ1) is 9.09. The van der Waals surface area contributed by atoms with Crippen molar-refractivity contribution in [2.45, 2.75) is 32.4 Å². The Morgan fingerprint density at radius 1 is 1.10 bits per heavy atom. The predicted molar refractivity (Wildman–Crippen MR) is 69.0 cm³/mol. The van der Waals surface area contributed by atoms with Crippen LogP contribution in [0.5, 0.6) is 0 Å². The number of aromatic nitrogens is 2. The van der Waals surface area contributed by atoms with Crippen molar-refractivity contribution >= 4 is 11.3 Å². The van der Waals surface area contributed by atoms with Gasteiger partial charge < -0.3 is 0 Å². The fourth-order valence-corrected chi connectivity index (χ4v) is 2.80. The van der Waals surface area contributed by atoms with Crippen LogP contribution < -0.4 is 0 Å². The van der Waals surface area contributed by atoms with Gasteiger partial charge in [-0.3, -0.25) is 4.98 Å². The maximum absolute atomic E-state index is 13.1. The van der Waals surface area contributed by atoms with Crippen molar-refractivity contribution in [3.05, 3.63) is 34.8 Å². The maximum atomic E-state index is 13.1. The van der Waals surface area contributed by atoms with Gasteiger partial charge >= 0.3 is 6.18 Å². The standard InChI is InChI=1S/C13H12F4N2S/c1-12(2,3)10-9(13(15,16)17)19-11(20-10)7-4-8(14)6-18-5-7/h4-6H,1-3H3. The molecule has 0 aliphatic heterocycles. The fraction of sp³-hybridized carbons (Fsp3) is 0.385. The summed E-state index contributed by atoms with van der Waals surface area (Å²) in [5, 5.41) is 0.120. The highest BCUT2D eigenvalue weighted by molar-refractivity contribution is 7.15. The van der Waals surface area contributed by atoms with Gasteiger partial charge in [-0.15, -0.1) is 11.3 Å². The Morgan fingerprint density at radius 3 is 2.20 bits per heavy atom. The number of hydrogen-bond acceptors (Lipinski definition) is 3. The van der Waals surface area contributed by atoms with Gasteiger partial charge in [-0.2, -0.15) is 13.2 Å². The van der Waals surface area contributed by atoms with E-state index in [0.717, 1.165) is 23.6 Å². The van der Waals surface area contributed by atoms with Crippen LogP contribution >= 0.6 is 11.3 Å². The van der Waals surface area contributed by atoms with E-state index in [9.17, 15) is 17.6 Å². The molecule has 2 nitrogen and oxygen atoms in total. The molecule has 0 radical (unpaired) electrons. The summed E-state index contributed by atoms with van der Waals surface area (Å²) in [5.41, 5.74) is -1.35. The molecule has 0 saturated carbocycles. The Kier molecular flexibility index (Phi) is 3.58. The van der Waals surface area contributed by atoms with Crippen molar-refractivity contribution in [2.24, 2.45) is 0 Å². The molecule has 0 spiro atoms. The van der Waals surface area contributed by atoms with Crippen LogP contribution in [0.3, 0.4) is 0 Å². The van der Waals surface area contributed by atoms with Gasteiger partial charge in [0, 0.05) is 16.6 Å². The highest BCUT2D eigenvalue weighted by Crippen LogP contribution is 2.42. The number of nitrogens with zero attached hydrogens (tertiary/aromatic N) is 2. The Labute approximate surface area is 117 Å². The Bertz CT molecular complexity index is 595. The lowest BCUT2D eigenvalue weighted by Gasteiger charge is -2.18. The first kappa shape index (κ1) is 14.9. The number of halogens is 4. The van der Waals surface area contributed by atoms with Gasteiger partial charge in [-0.25, -0.2) is 9.37 Å². The lowest BCUT2D eigenvalue weighted by atomic mass is 9.93. The molecule has 2 rings (SSSR count). The van der Waals surface area contributed by atoms with Crippen molar-refractivity contribution in [1.82, 2.24) is 9.97 Å². The highest BCUT2D eigenvalue weighted by Gasteiger charge is 2.40. The largest absolute Gasteiger partial charge is 0.434 e. The maximum Gasteiger partial charge on any atom is 0.434 e. The van der Waals surface area contributed by atoms with E-state index < -0.39 is 23.1 Å². The zero-order chi connectivity index (χ0) is 15.1. The van der Waals surface area contributed by atoms with Crippen LogP contribution in [0.4, 0.5) is 17.6 Å². The summed E-state index contributed by atoms with van der Waals surface area (Å²) in [4.78, 5) is 7.41. The average molecular weight is 304 g/mol. The van der Waals surface area contributed by atoms with E-state index >= 15 is 0 Å². The zero-order valence-corrected chi connectivity index (χ0v) is 11.9. The van der Waals surface area contributed by atoms with E-state index in [1.54, 1.807) is 20.8 Å². The van der Waals surface area contributed by atoms with Crippen LogP contribution in [0, 0.1) is 5.82 Å². The molecule has 7 heteroatoms. The van der Waals surface area contributed by atoms with Crippen molar-refractivity contribution in [3.8, 4) is 10.6 Å². The average Bonchev–Trinajstić information content (AvgIpc) is 2.72. The van der Waals surface area contributed by atoms with E-state index in [1.165, 1.54) is 6.20 Å². The van der Waals surface area contributed by atoms with Gasteiger partial charge in [0.25, 0.3) is 0 Å². The molecule has 2 aromatic rings. The molecule has 20 heavy (non-hydrogen) atoms. The molecule has 0 aliphatic rings. The second kappa shape index (κ2) is 4.80. The Morgan fingerprint density at radius 2 is 1.75 bits per heavy atom. The van der Waals surface area contributed by atoms with E-state index in [4.69, 9.17) is 0 Å². The normalized spacial score (nSPS) is 12.8. The Balaban J connectivity index is 2.61. The molecule has 0 saturated heterocycles. The van der Waals surface area contributed by atoms with Crippen LogP contribution in [-0.4, -0.2) is 9.97 Å². The summed E-state index contributed by atoms with van der Waals surface area (Å²) in [6.45, 7) is 5.05. The third-order valence-corrected chi connectivity index (χ3v) is 4.06. The van der Waals surface area contributed by atoms with Crippen molar-refractivity contribution in [2.75, 3.05) is 0 Å². The molecule has 2 heterocycles. The molecule has 2 aromatic heterocycles. The number of thiazole rings is 1.